The van der Waals surface area contributed by atoms with Gasteiger partial charge in [0.2, 0.25) is 11.8 Å². The minimum absolute atomic E-state index is 0.0424. The van der Waals surface area contributed by atoms with Crippen molar-refractivity contribution in [3.8, 4) is 0 Å². The summed E-state index contributed by atoms with van der Waals surface area (Å²) in [4.78, 5) is 28.5. The molecule has 0 bridgehead atoms. The zero-order chi connectivity index (χ0) is 21.8. The van der Waals surface area contributed by atoms with Crippen molar-refractivity contribution in [1.29, 1.82) is 0 Å². The Labute approximate surface area is 189 Å². The number of carbonyl (C=O) groups excluding carboxylic acids is 2. The van der Waals surface area contributed by atoms with Gasteiger partial charge in [0.25, 0.3) is 0 Å². The maximum absolute atomic E-state index is 13.0. The van der Waals surface area contributed by atoms with Gasteiger partial charge in [0.05, 0.1) is 0 Å². The van der Waals surface area contributed by atoms with Crippen LogP contribution in [0.25, 0.3) is 0 Å². The van der Waals surface area contributed by atoms with E-state index in [0.29, 0.717) is 25.9 Å². The number of likely N-dealkylation sites (N-methyl/N-ethyl adjacent to an activating group) is 1. The molecule has 0 aromatic heterocycles. The van der Waals surface area contributed by atoms with Crippen molar-refractivity contribution >= 4 is 35.2 Å². The van der Waals surface area contributed by atoms with E-state index in [-0.39, 0.29) is 11.8 Å². The van der Waals surface area contributed by atoms with Gasteiger partial charge in [0.15, 0.2) is 0 Å². The molecule has 0 aliphatic rings. The van der Waals surface area contributed by atoms with Crippen LogP contribution in [0.5, 0.6) is 0 Å². The molecular formula is C24H31ClN2O2S. The Morgan fingerprint density at radius 2 is 1.77 bits per heavy atom. The number of carbonyl (C=O) groups is 2. The Kier molecular flexibility index (Phi) is 10.8. The molecule has 0 aliphatic heterocycles. The van der Waals surface area contributed by atoms with E-state index in [0.717, 1.165) is 28.5 Å². The summed E-state index contributed by atoms with van der Waals surface area (Å²) >= 11 is 7.64. The van der Waals surface area contributed by atoms with Crippen LogP contribution < -0.4 is 5.32 Å². The molecule has 1 N–H and O–H groups in total. The van der Waals surface area contributed by atoms with E-state index in [1.165, 1.54) is 5.56 Å². The molecule has 2 rings (SSSR count). The summed E-state index contributed by atoms with van der Waals surface area (Å²) in [5.41, 5.74) is 1.17. The molecule has 0 heterocycles. The molecule has 4 nitrogen and oxygen atoms in total. The van der Waals surface area contributed by atoms with Crippen LogP contribution in [0.15, 0.2) is 59.5 Å². The van der Waals surface area contributed by atoms with Crippen LogP contribution in [0.1, 0.15) is 38.7 Å². The fraction of sp³-hybridized carbons (Fsp3) is 0.417. The lowest BCUT2D eigenvalue weighted by molar-refractivity contribution is -0.140. The Balaban J connectivity index is 1.95. The number of halogens is 1. The number of nitrogens with zero attached hydrogens (tertiary/aromatic N) is 1. The summed E-state index contributed by atoms with van der Waals surface area (Å²) in [6.07, 6.45) is 2.54. The summed E-state index contributed by atoms with van der Waals surface area (Å²) < 4.78 is 0. The second-order valence-electron chi connectivity index (χ2n) is 7.05. The molecule has 2 aromatic rings. The Morgan fingerprint density at radius 1 is 1.07 bits per heavy atom. The molecular weight excluding hydrogens is 416 g/mol. The summed E-state index contributed by atoms with van der Waals surface area (Å²) in [7, 11) is 0. The second-order valence-corrected chi connectivity index (χ2v) is 8.65. The van der Waals surface area contributed by atoms with Gasteiger partial charge in [0, 0.05) is 29.4 Å². The second kappa shape index (κ2) is 13.3. The largest absolute Gasteiger partial charge is 0.355 e. The van der Waals surface area contributed by atoms with E-state index >= 15 is 0 Å². The third kappa shape index (κ3) is 8.04. The van der Waals surface area contributed by atoms with E-state index in [1.807, 2.05) is 56.3 Å². The predicted molar refractivity (Wildman–Crippen MR) is 126 cm³/mol. The van der Waals surface area contributed by atoms with E-state index in [4.69, 9.17) is 11.6 Å². The van der Waals surface area contributed by atoms with Crippen molar-refractivity contribution in [1.82, 2.24) is 10.2 Å². The zero-order valence-electron chi connectivity index (χ0n) is 17.8. The fourth-order valence-electron chi connectivity index (χ4n) is 3.28. The van der Waals surface area contributed by atoms with Crippen LogP contribution in [-0.4, -0.2) is 41.6 Å². The van der Waals surface area contributed by atoms with Crippen molar-refractivity contribution in [2.24, 2.45) is 0 Å². The topological polar surface area (TPSA) is 49.4 Å². The fourth-order valence-corrected chi connectivity index (χ4v) is 4.25. The Morgan fingerprint density at radius 3 is 2.40 bits per heavy atom. The van der Waals surface area contributed by atoms with Gasteiger partial charge in [-0.3, -0.25) is 9.59 Å². The van der Waals surface area contributed by atoms with Crippen LogP contribution in [0.4, 0.5) is 0 Å². The zero-order valence-corrected chi connectivity index (χ0v) is 19.3. The molecule has 30 heavy (non-hydrogen) atoms. The van der Waals surface area contributed by atoms with Crippen LogP contribution in [0, 0.1) is 0 Å². The number of hydrogen-bond donors (Lipinski definition) is 1. The molecule has 0 spiro atoms. The average Bonchev–Trinajstić information content (AvgIpc) is 2.76. The number of amides is 2. The van der Waals surface area contributed by atoms with Gasteiger partial charge >= 0.3 is 0 Å². The highest BCUT2D eigenvalue weighted by atomic mass is 35.5. The Hall–Kier alpha value is -1.98. The quantitative estimate of drug-likeness (QED) is 0.360. The molecule has 0 saturated carbocycles. The van der Waals surface area contributed by atoms with E-state index in [1.54, 1.807) is 16.7 Å². The lowest BCUT2D eigenvalue weighted by atomic mass is 10.1. The third-order valence-electron chi connectivity index (χ3n) is 4.84. The lowest BCUT2D eigenvalue weighted by Gasteiger charge is -2.30. The molecule has 2 aromatic carbocycles. The maximum atomic E-state index is 13.0. The minimum atomic E-state index is -0.426. The number of benzene rings is 2. The van der Waals surface area contributed by atoms with Crippen LogP contribution in [0.2, 0.25) is 5.02 Å². The molecule has 6 heteroatoms. The summed E-state index contributed by atoms with van der Waals surface area (Å²) in [6.45, 7) is 4.96. The van der Waals surface area contributed by atoms with Gasteiger partial charge in [0.1, 0.15) is 6.04 Å². The van der Waals surface area contributed by atoms with Gasteiger partial charge < -0.3 is 10.2 Å². The highest BCUT2D eigenvalue weighted by Gasteiger charge is 2.27. The van der Waals surface area contributed by atoms with Crippen LogP contribution >= 0.6 is 23.4 Å². The molecule has 162 valence electrons. The third-order valence-corrected chi connectivity index (χ3v) is 6.19. The first-order valence-electron chi connectivity index (χ1n) is 10.5. The number of hydrogen-bond acceptors (Lipinski definition) is 3. The highest BCUT2D eigenvalue weighted by Crippen LogP contribution is 2.22. The van der Waals surface area contributed by atoms with Gasteiger partial charge in [-0.15, -0.1) is 11.8 Å². The summed E-state index contributed by atoms with van der Waals surface area (Å²) in [6, 6.07) is 17.4. The molecule has 1 atom stereocenters. The molecule has 0 radical (unpaired) electrons. The van der Waals surface area contributed by atoms with E-state index < -0.39 is 6.04 Å². The highest BCUT2D eigenvalue weighted by molar-refractivity contribution is 7.99. The number of rotatable bonds is 12. The average molecular weight is 447 g/mol. The molecule has 0 aliphatic carbocycles. The first-order chi connectivity index (χ1) is 14.5. The number of thioether (sulfide) groups is 1. The summed E-state index contributed by atoms with van der Waals surface area (Å²) in [5, 5.41) is 3.60. The molecule has 0 saturated heterocycles. The molecule has 0 fully saturated rings. The lowest BCUT2D eigenvalue weighted by Crippen LogP contribution is -2.50. The standard InChI is InChI=1S/C24H31ClN2O2S/c1-3-22(24(29)26-4-2)27(17-16-19-9-6-5-7-10-19)23(28)11-8-18-30-21-14-12-20(25)13-15-21/h5-7,9-10,12-15,22H,3-4,8,11,16-18H2,1-2H3,(H,26,29)/t22-/m0/s1. The van der Waals surface area contributed by atoms with Crippen molar-refractivity contribution < 1.29 is 9.59 Å². The van der Waals surface area contributed by atoms with Crippen molar-refractivity contribution in [3.05, 3.63) is 65.2 Å². The maximum Gasteiger partial charge on any atom is 0.242 e. The molecule has 2 amide bonds. The smallest absolute Gasteiger partial charge is 0.242 e. The van der Waals surface area contributed by atoms with Crippen molar-refractivity contribution in [2.75, 3.05) is 18.8 Å². The number of nitrogens with one attached hydrogen (secondary N) is 1. The SMILES string of the molecule is CCNC(=O)[C@H](CC)N(CCc1ccccc1)C(=O)CCCSc1ccc(Cl)cc1. The van der Waals surface area contributed by atoms with Crippen molar-refractivity contribution in [3.63, 3.8) is 0 Å². The monoisotopic (exact) mass is 446 g/mol. The van der Waals surface area contributed by atoms with Crippen LogP contribution in [-0.2, 0) is 16.0 Å². The van der Waals surface area contributed by atoms with Gasteiger partial charge in [-0.25, -0.2) is 0 Å². The predicted octanol–water partition coefficient (Wildman–Crippen LogP) is 5.20. The minimum Gasteiger partial charge on any atom is -0.355 e. The van der Waals surface area contributed by atoms with Crippen LogP contribution in [0.3, 0.4) is 0 Å². The normalized spacial score (nSPS) is 11.7. The van der Waals surface area contributed by atoms with Gasteiger partial charge in [-0.05, 0) is 61.8 Å². The first-order valence-corrected chi connectivity index (χ1v) is 11.9. The Bertz CT molecular complexity index is 784. The molecule has 0 unspecified atom stereocenters. The van der Waals surface area contributed by atoms with E-state index in [9.17, 15) is 9.59 Å². The van der Waals surface area contributed by atoms with Gasteiger partial charge in [-0.2, -0.15) is 0 Å². The van der Waals surface area contributed by atoms with E-state index in [2.05, 4.69) is 17.4 Å². The first kappa shape index (κ1) is 24.3. The van der Waals surface area contributed by atoms with Crippen molar-refractivity contribution in [2.45, 2.75) is 50.5 Å². The summed E-state index contributed by atoms with van der Waals surface area (Å²) in [5.74, 6) is 0.815. The van der Waals surface area contributed by atoms with Gasteiger partial charge in [-0.1, -0.05) is 48.9 Å².